The molecular formula is C15H32N4OS. The molecule has 1 rings (SSSR count). The second kappa shape index (κ2) is 12.1. The van der Waals surface area contributed by atoms with Gasteiger partial charge in [-0.2, -0.15) is 11.8 Å². The van der Waals surface area contributed by atoms with Crippen molar-refractivity contribution in [1.82, 2.24) is 15.5 Å². The van der Waals surface area contributed by atoms with E-state index >= 15 is 0 Å². The van der Waals surface area contributed by atoms with Gasteiger partial charge in [0.05, 0.1) is 6.61 Å². The predicted molar refractivity (Wildman–Crippen MR) is 93.5 cm³/mol. The fourth-order valence-corrected chi connectivity index (χ4v) is 2.73. The number of guanidine groups is 1. The van der Waals surface area contributed by atoms with Gasteiger partial charge in [0.1, 0.15) is 0 Å². The van der Waals surface area contributed by atoms with E-state index in [1.54, 1.807) is 7.11 Å². The van der Waals surface area contributed by atoms with Crippen LogP contribution in [0, 0.1) is 0 Å². The number of hydrogen-bond donors (Lipinski definition) is 2. The summed E-state index contributed by atoms with van der Waals surface area (Å²) in [4.78, 5) is 6.79. The van der Waals surface area contributed by atoms with E-state index in [0.29, 0.717) is 0 Å². The molecule has 0 aliphatic heterocycles. The number of hydrogen-bond acceptors (Lipinski definition) is 4. The molecule has 2 N–H and O–H groups in total. The van der Waals surface area contributed by atoms with Crippen molar-refractivity contribution in [3.63, 3.8) is 0 Å². The SMILES string of the molecule is CN=C(NCCCCSC)NCCN(CCOC)C1CC1. The topological polar surface area (TPSA) is 48.9 Å². The molecule has 1 aliphatic carbocycles. The number of rotatable bonds is 12. The number of thioether (sulfide) groups is 1. The third-order valence-electron chi connectivity index (χ3n) is 3.63. The van der Waals surface area contributed by atoms with Gasteiger partial charge in [-0.25, -0.2) is 0 Å². The van der Waals surface area contributed by atoms with E-state index in [-0.39, 0.29) is 0 Å². The average Bonchev–Trinajstić information content (AvgIpc) is 3.33. The van der Waals surface area contributed by atoms with Gasteiger partial charge >= 0.3 is 0 Å². The molecule has 1 aliphatic rings. The van der Waals surface area contributed by atoms with Crippen molar-refractivity contribution in [2.75, 3.05) is 59.0 Å². The fourth-order valence-electron chi connectivity index (χ4n) is 2.24. The van der Waals surface area contributed by atoms with Crippen molar-refractivity contribution in [2.45, 2.75) is 31.7 Å². The van der Waals surface area contributed by atoms with E-state index in [0.717, 1.165) is 44.8 Å². The van der Waals surface area contributed by atoms with Crippen LogP contribution in [-0.2, 0) is 4.74 Å². The van der Waals surface area contributed by atoms with Crippen LogP contribution in [-0.4, -0.2) is 75.9 Å². The van der Waals surface area contributed by atoms with Crippen LogP contribution < -0.4 is 10.6 Å². The maximum absolute atomic E-state index is 5.18. The maximum Gasteiger partial charge on any atom is 0.191 e. The number of methoxy groups -OCH3 is 1. The molecule has 0 spiro atoms. The molecule has 0 radical (unpaired) electrons. The van der Waals surface area contributed by atoms with Crippen molar-refractivity contribution in [3.8, 4) is 0 Å². The molecule has 0 unspecified atom stereocenters. The zero-order chi connectivity index (χ0) is 15.3. The lowest BCUT2D eigenvalue weighted by atomic mass is 10.3. The molecule has 0 aromatic heterocycles. The summed E-state index contributed by atoms with van der Waals surface area (Å²) < 4.78 is 5.18. The summed E-state index contributed by atoms with van der Waals surface area (Å²) in [6, 6.07) is 0.781. The molecule has 124 valence electrons. The normalized spacial score (nSPS) is 15.5. The maximum atomic E-state index is 5.18. The molecule has 1 saturated carbocycles. The lowest BCUT2D eigenvalue weighted by Crippen LogP contribution is -2.43. The van der Waals surface area contributed by atoms with Gasteiger partial charge in [0, 0.05) is 46.4 Å². The first-order chi connectivity index (χ1) is 10.3. The fraction of sp³-hybridized carbons (Fsp3) is 0.933. The van der Waals surface area contributed by atoms with Crippen LogP contribution in [0.1, 0.15) is 25.7 Å². The van der Waals surface area contributed by atoms with Crippen LogP contribution >= 0.6 is 11.8 Å². The standard InChI is InChI=1S/C15H32N4OS/c1-16-15(17-8-4-5-13-21-3)18-9-10-19(11-12-20-2)14-6-7-14/h14H,4-13H2,1-3H3,(H2,16,17,18). The predicted octanol–water partition coefficient (Wildman–Crippen LogP) is 1.41. The molecule has 1 fully saturated rings. The van der Waals surface area contributed by atoms with E-state index in [1.807, 2.05) is 18.8 Å². The van der Waals surface area contributed by atoms with Gasteiger partial charge in [-0.15, -0.1) is 0 Å². The van der Waals surface area contributed by atoms with Crippen molar-refractivity contribution in [3.05, 3.63) is 0 Å². The number of nitrogens with zero attached hydrogens (tertiary/aromatic N) is 2. The first kappa shape index (κ1) is 18.6. The highest BCUT2D eigenvalue weighted by Gasteiger charge is 2.28. The molecule has 21 heavy (non-hydrogen) atoms. The first-order valence-electron chi connectivity index (χ1n) is 7.98. The summed E-state index contributed by atoms with van der Waals surface area (Å²) >= 11 is 1.91. The van der Waals surface area contributed by atoms with Crippen molar-refractivity contribution < 1.29 is 4.74 Å². The molecule has 0 saturated heterocycles. The Morgan fingerprint density at radius 3 is 2.62 bits per heavy atom. The van der Waals surface area contributed by atoms with Gasteiger partial charge in [-0.05, 0) is 37.7 Å². The summed E-state index contributed by atoms with van der Waals surface area (Å²) in [5.74, 6) is 2.16. The Labute approximate surface area is 134 Å². The Balaban J connectivity index is 2.09. The van der Waals surface area contributed by atoms with Gasteiger partial charge in [0.25, 0.3) is 0 Å². The molecule has 0 aromatic rings. The zero-order valence-corrected chi connectivity index (χ0v) is 14.7. The Kier molecular flexibility index (Phi) is 10.7. The molecular weight excluding hydrogens is 284 g/mol. The molecule has 6 heteroatoms. The minimum Gasteiger partial charge on any atom is -0.383 e. The van der Waals surface area contributed by atoms with Gasteiger partial charge in [0.15, 0.2) is 5.96 Å². The van der Waals surface area contributed by atoms with Gasteiger partial charge in [0.2, 0.25) is 0 Å². The molecule has 0 amide bonds. The van der Waals surface area contributed by atoms with Crippen LogP contribution in [0.2, 0.25) is 0 Å². The van der Waals surface area contributed by atoms with E-state index < -0.39 is 0 Å². The van der Waals surface area contributed by atoms with Crippen molar-refractivity contribution in [1.29, 1.82) is 0 Å². The summed E-state index contributed by atoms with van der Waals surface area (Å²) in [6.45, 7) is 4.84. The highest BCUT2D eigenvalue weighted by molar-refractivity contribution is 7.98. The highest BCUT2D eigenvalue weighted by Crippen LogP contribution is 2.25. The number of nitrogens with one attached hydrogen (secondary N) is 2. The van der Waals surface area contributed by atoms with Gasteiger partial charge in [-0.3, -0.25) is 9.89 Å². The molecule has 0 atom stereocenters. The lowest BCUT2D eigenvalue weighted by molar-refractivity contribution is 0.144. The lowest BCUT2D eigenvalue weighted by Gasteiger charge is -2.22. The van der Waals surface area contributed by atoms with E-state index in [1.165, 1.54) is 31.4 Å². The number of unbranched alkanes of at least 4 members (excludes halogenated alkanes) is 1. The summed E-state index contributed by atoms with van der Waals surface area (Å²) in [7, 11) is 3.60. The average molecular weight is 317 g/mol. The minimum absolute atomic E-state index is 0.781. The first-order valence-corrected chi connectivity index (χ1v) is 9.37. The smallest absolute Gasteiger partial charge is 0.191 e. The van der Waals surface area contributed by atoms with Gasteiger partial charge < -0.3 is 15.4 Å². The molecule has 0 heterocycles. The van der Waals surface area contributed by atoms with E-state index in [2.05, 4.69) is 26.8 Å². The summed E-state index contributed by atoms with van der Waals surface area (Å²) in [5.41, 5.74) is 0. The van der Waals surface area contributed by atoms with Crippen LogP contribution in [0.3, 0.4) is 0 Å². The molecule has 5 nitrogen and oxygen atoms in total. The molecule has 0 bridgehead atoms. The zero-order valence-electron chi connectivity index (χ0n) is 13.9. The van der Waals surface area contributed by atoms with Crippen molar-refractivity contribution in [2.24, 2.45) is 4.99 Å². The minimum atomic E-state index is 0.781. The second-order valence-electron chi connectivity index (χ2n) is 5.39. The summed E-state index contributed by atoms with van der Waals surface area (Å²) in [5, 5.41) is 6.78. The van der Waals surface area contributed by atoms with Crippen LogP contribution in [0.15, 0.2) is 4.99 Å². The Morgan fingerprint density at radius 2 is 2.00 bits per heavy atom. The van der Waals surface area contributed by atoms with Crippen LogP contribution in [0.25, 0.3) is 0 Å². The third-order valence-corrected chi connectivity index (χ3v) is 4.33. The van der Waals surface area contributed by atoms with Crippen LogP contribution in [0.4, 0.5) is 0 Å². The Morgan fingerprint density at radius 1 is 1.24 bits per heavy atom. The second-order valence-corrected chi connectivity index (χ2v) is 6.37. The summed E-state index contributed by atoms with van der Waals surface area (Å²) in [6.07, 6.45) is 7.29. The van der Waals surface area contributed by atoms with Crippen molar-refractivity contribution >= 4 is 17.7 Å². The largest absolute Gasteiger partial charge is 0.383 e. The monoisotopic (exact) mass is 316 g/mol. The quantitative estimate of drug-likeness (QED) is 0.324. The highest BCUT2D eigenvalue weighted by atomic mass is 32.2. The van der Waals surface area contributed by atoms with E-state index in [9.17, 15) is 0 Å². The Bertz CT molecular complexity index is 285. The van der Waals surface area contributed by atoms with Gasteiger partial charge in [-0.1, -0.05) is 0 Å². The molecule has 0 aromatic carbocycles. The number of ether oxygens (including phenoxy) is 1. The van der Waals surface area contributed by atoms with E-state index in [4.69, 9.17) is 4.74 Å². The number of aliphatic imine (C=N–C) groups is 1. The van der Waals surface area contributed by atoms with Crippen LogP contribution in [0.5, 0.6) is 0 Å². The Hall–Kier alpha value is -0.460. The third kappa shape index (κ3) is 9.22.